The van der Waals surface area contributed by atoms with Crippen molar-refractivity contribution in [1.29, 1.82) is 0 Å². The minimum atomic E-state index is -3.87. The first-order valence-electron chi connectivity index (χ1n) is 6.01. The zero-order chi connectivity index (χ0) is 14.8. The summed E-state index contributed by atoms with van der Waals surface area (Å²) < 4.78 is 40.7. The molecule has 2 rings (SSSR count). The summed E-state index contributed by atoms with van der Waals surface area (Å²) in [4.78, 5) is -0.137. The maximum absolute atomic E-state index is 13.6. The highest BCUT2D eigenvalue weighted by molar-refractivity contribution is 7.92. The van der Waals surface area contributed by atoms with Crippen LogP contribution in [0.3, 0.4) is 0 Å². The Balaban J connectivity index is 2.43. The Morgan fingerprint density at radius 1 is 1.20 bits per heavy atom. The van der Waals surface area contributed by atoms with E-state index in [0.29, 0.717) is 5.69 Å². The molecule has 0 aromatic heterocycles. The van der Waals surface area contributed by atoms with Gasteiger partial charge in [-0.25, -0.2) is 12.8 Å². The van der Waals surface area contributed by atoms with E-state index in [-0.39, 0.29) is 17.0 Å². The summed E-state index contributed by atoms with van der Waals surface area (Å²) in [5.74, 6) is -0.625. The molecule has 0 atom stereocenters. The second-order valence-corrected chi connectivity index (χ2v) is 6.05. The van der Waals surface area contributed by atoms with Gasteiger partial charge in [0.25, 0.3) is 10.0 Å². The van der Waals surface area contributed by atoms with Gasteiger partial charge in [0.05, 0.1) is 4.90 Å². The average Bonchev–Trinajstić information content (AvgIpc) is 2.38. The molecule has 4 nitrogen and oxygen atoms in total. The Morgan fingerprint density at radius 3 is 2.55 bits per heavy atom. The lowest BCUT2D eigenvalue weighted by Gasteiger charge is -2.12. The van der Waals surface area contributed by atoms with E-state index in [1.807, 2.05) is 13.0 Å². The quantitative estimate of drug-likeness (QED) is 0.909. The van der Waals surface area contributed by atoms with Gasteiger partial charge in [0.1, 0.15) is 5.82 Å². The number of nitrogens with two attached hydrogens (primary N) is 1. The fourth-order valence-corrected chi connectivity index (χ4v) is 3.22. The van der Waals surface area contributed by atoms with Crippen LogP contribution in [-0.2, 0) is 16.6 Å². The lowest BCUT2D eigenvalue weighted by atomic mass is 10.2. The van der Waals surface area contributed by atoms with E-state index in [1.165, 1.54) is 18.2 Å². The molecule has 0 heterocycles. The minimum Gasteiger partial charge on any atom is -0.326 e. The average molecular weight is 294 g/mol. The number of anilines is 1. The van der Waals surface area contributed by atoms with E-state index >= 15 is 0 Å². The van der Waals surface area contributed by atoms with Crippen LogP contribution in [0.4, 0.5) is 10.1 Å². The summed E-state index contributed by atoms with van der Waals surface area (Å²) in [7, 11) is -3.87. The summed E-state index contributed by atoms with van der Waals surface area (Å²) in [5.41, 5.74) is 6.76. The Labute approximate surface area is 117 Å². The van der Waals surface area contributed by atoms with Gasteiger partial charge >= 0.3 is 0 Å². The molecule has 2 aromatic rings. The fraction of sp³-hybridized carbons (Fsp3) is 0.143. The first kappa shape index (κ1) is 14.5. The number of halogens is 1. The van der Waals surface area contributed by atoms with Gasteiger partial charge in [-0.05, 0) is 36.8 Å². The second kappa shape index (κ2) is 5.60. The third-order valence-corrected chi connectivity index (χ3v) is 4.31. The molecule has 0 aliphatic carbocycles. The van der Waals surface area contributed by atoms with Crippen molar-refractivity contribution in [3.8, 4) is 0 Å². The maximum atomic E-state index is 13.6. The van der Waals surface area contributed by atoms with E-state index in [2.05, 4.69) is 4.72 Å². The number of aryl methyl sites for hydroxylation is 1. The number of hydrogen-bond donors (Lipinski definition) is 2. The Bertz CT molecular complexity index is 730. The summed E-state index contributed by atoms with van der Waals surface area (Å²) in [6.45, 7) is 1.67. The summed E-state index contributed by atoms with van der Waals surface area (Å²) in [5, 5.41) is 0. The van der Waals surface area contributed by atoms with Crippen molar-refractivity contribution in [2.24, 2.45) is 5.73 Å². The van der Waals surface area contributed by atoms with Gasteiger partial charge in [-0.3, -0.25) is 4.72 Å². The molecule has 0 saturated heterocycles. The third-order valence-electron chi connectivity index (χ3n) is 2.84. The summed E-state index contributed by atoms with van der Waals surface area (Å²) >= 11 is 0. The number of hydrogen-bond acceptors (Lipinski definition) is 3. The standard InChI is InChI=1S/C14H15FN2O2S/c1-10-4-2-5-11(8-10)17-20(18,19)14-7-3-6-13(15)12(14)9-16/h2-8,17H,9,16H2,1H3. The van der Waals surface area contributed by atoms with Crippen LogP contribution in [0.25, 0.3) is 0 Å². The van der Waals surface area contributed by atoms with Crippen LogP contribution in [0.2, 0.25) is 0 Å². The molecule has 20 heavy (non-hydrogen) atoms. The first-order valence-corrected chi connectivity index (χ1v) is 7.49. The number of sulfonamides is 1. The van der Waals surface area contributed by atoms with Gasteiger partial charge in [0.15, 0.2) is 0 Å². The van der Waals surface area contributed by atoms with Crippen molar-refractivity contribution in [2.75, 3.05) is 4.72 Å². The van der Waals surface area contributed by atoms with Crippen LogP contribution >= 0.6 is 0 Å². The minimum absolute atomic E-state index is 0.0207. The molecule has 0 unspecified atom stereocenters. The van der Waals surface area contributed by atoms with Crippen LogP contribution in [0, 0.1) is 12.7 Å². The molecule has 0 amide bonds. The molecule has 2 aromatic carbocycles. The predicted molar refractivity (Wildman–Crippen MR) is 76.3 cm³/mol. The van der Waals surface area contributed by atoms with Gasteiger partial charge in [-0.2, -0.15) is 0 Å². The highest BCUT2D eigenvalue weighted by Gasteiger charge is 2.20. The SMILES string of the molecule is Cc1cccc(NS(=O)(=O)c2cccc(F)c2CN)c1. The van der Waals surface area contributed by atoms with E-state index in [1.54, 1.807) is 18.2 Å². The zero-order valence-electron chi connectivity index (χ0n) is 10.9. The number of benzene rings is 2. The fourth-order valence-electron chi connectivity index (χ4n) is 1.91. The molecule has 0 fully saturated rings. The van der Waals surface area contributed by atoms with Crippen LogP contribution in [-0.4, -0.2) is 8.42 Å². The molecule has 0 aliphatic heterocycles. The Hall–Kier alpha value is -1.92. The van der Waals surface area contributed by atoms with Crippen molar-refractivity contribution in [3.05, 3.63) is 59.4 Å². The Morgan fingerprint density at radius 2 is 1.90 bits per heavy atom. The number of nitrogens with one attached hydrogen (secondary N) is 1. The van der Waals surface area contributed by atoms with Gasteiger partial charge < -0.3 is 5.73 Å². The van der Waals surface area contributed by atoms with Gasteiger partial charge in [0.2, 0.25) is 0 Å². The first-order chi connectivity index (χ1) is 9.44. The molecule has 3 N–H and O–H groups in total. The molecule has 6 heteroatoms. The zero-order valence-corrected chi connectivity index (χ0v) is 11.7. The van der Waals surface area contributed by atoms with Crippen molar-refractivity contribution < 1.29 is 12.8 Å². The molecule has 0 radical (unpaired) electrons. The number of rotatable bonds is 4. The molecular weight excluding hydrogens is 279 g/mol. The molecular formula is C14H15FN2O2S. The monoisotopic (exact) mass is 294 g/mol. The van der Waals surface area contributed by atoms with E-state index in [9.17, 15) is 12.8 Å². The lowest BCUT2D eigenvalue weighted by Crippen LogP contribution is -2.17. The van der Waals surface area contributed by atoms with Gasteiger partial charge in [-0.1, -0.05) is 18.2 Å². The molecule has 0 bridgehead atoms. The smallest absolute Gasteiger partial charge is 0.262 e. The maximum Gasteiger partial charge on any atom is 0.262 e. The van der Waals surface area contributed by atoms with E-state index < -0.39 is 15.8 Å². The molecule has 0 saturated carbocycles. The highest BCUT2D eigenvalue weighted by Crippen LogP contribution is 2.22. The van der Waals surface area contributed by atoms with Crippen LogP contribution in [0.1, 0.15) is 11.1 Å². The van der Waals surface area contributed by atoms with E-state index in [4.69, 9.17) is 5.73 Å². The van der Waals surface area contributed by atoms with Crippen molar-refractivity contribution in [1.82, 2.24) is 0 Å². The van der Waals surface area contributed by atoms with Crippen molar-refractivity contribution in [3.63, 3.8) is 0 Å². The highest BCUT2D eigenvalue weighted by atomic mass is 32.2. The Kier molecular flexibility index (Phi) is 4.06. The van der Waals surface area contributed by atoms with Crippen LogP contribution in [0.15, 0.2) is 47.4 Å². The second-order valence-electron chi connectivity index (χ2n) is 4.40. The molecule has 106 valence electrons. The van der Waals surface area contributed by atoms with Crippen LogP contribution in [0.5, 0.6) is 0 Å². The topological polar surface area (TPSA) is 72.2 Å². The predicted octanol–water partition coefficient (Wildman–Crippen LogP) is 2.39. The van der Waals surface area contributed by atoms with Gasteiger partial charge in [0, 0.05) is 17.8 Å². The summed E-state index contributed by atoms with van der Waals surface area (Å²) in [6, 6.07) is 10.8. The van der Waals surface area contributed by atoms with Crippen LogP contribution < -0.4 is 10.5 Å². The van der Waals surface area contributed by atoms with E-state index in [0.717, 1.165) is 5.56 Å². The van der Waals surface area contributed by atoms with Crippen molar-refractivity contribution >= 4 is 15.7 Å². The largest absolute Gasteiger partial charge is 0.326 e. The molecule has 0 aliphatic rings. The van der Waals surface area contributed by atoms with Crippen molar-refractivity contribution in [2.45, 2.75) is 18.4 Å². The summed E-state index contributed by atoms with van der Waals surface area (Å²) in [6.07, 6.45) is 0. The normalized spacial score (nSPS) is 11.3. The third kappa shape index (κ3) is 2.97. The van der Waals surface area contributed by atoms with Gasteiger partial charge in [-0.15, -0.1) is 0 Å². The molecule has 0 spiro atoms. The lowest BCUT2D eigenvalue weighted by molar-refractivity contribution is 0.585.